The summed E-state index contributed by atoms with van der Waals surface area (Å²) in [5.74, 6) is 0.748. The fourth-order valence-electron chi connectivity index (χ4n) is 1.72. The standard InChI is InChI=1S/C13H18N2O/c1-9-2-3-11(8-14)6-12(9)15-13(16)7-10-4-5-10/h2-3,6,10H,4-5,7-8,14H2,1H3,(H,15,16). The van der Waals surface area contributed by atoms with E-state index in [9.17, 15) is 4.79 Å². The van der Waals surface area contributed by atoms with E-state index in [2.05, 4.69) is 5.32 Å². The SMILES string of the molecule is Cc1ccc(CN)cc1NC(=O)CC1CC1. The summed E-state index contributed by atoms with van der Waals surface area (Å²) in [6.45, 7) is 2.50. The van der Waals surface area contributed by atoms with E-state index in [-0.39, 0.29) is 5.91 Å². The average molecular weight is 218 g/mol. The largest absolute Gasteiger partial charge is 0.326 e. The van der Waals surface area contributed by atoms with Crippen LogP contribution in [-0.4, -0.2) is 5.91 Å². The van der Waals surface area contributed by atoms with Crippen molar-refractivity contribution in [3.05, 3.63) is 29.3 Å². The third-order valence-electron chi connectivity index (χ3n) is 2.98. The monoisotopic (exact) mass is 218 g/mol. The Hall–Kier alpha value is -1.35. The molecule has 0 bridgehead atoms. The van der Waals surface area contributed by atoms with E-state index in [0.717, 1.165) is 16.8 Å². The molecule has 0 atom stereocenters. The summed E-state index contributed by atoms with van der Waals surface area (Å²) in [5.41, 5.74) is 8.61. The van der Waals surface area contributed by atoms with Crippen molar-refractivity contribution in [3.8, 4) is 0 Å². The molecule has 3 heteroatoms. The number of carbonyl (C=O) groups excluding carboxylic acids is 1. The van der Waals surface area contributed by atoms with Crippen molar-refractivity contribution in [2.45, 2.75) is 32.7 Å². The molecule has 0 saturated heterocycles. The molecule has 1 aliphatic rings. The van der Waals surface area contributed by atoms with E-state index in [1.807, 2.05) is 25.1 Å². The van der Waals surface area contributed by atoms with E-state index in [1.54, 1.807) is 0 Å². The summed E-state index contributed by atoms with van der Waals surface area (Å²) in [4.78, 5) is 11.7. The summed E-state index contributed by atoms with van der Waals surface area (Å²) in [5, 5.41) is 2.96. The summed E-state index contributed by atoms with van der Waals surface area (Å²) in [7, 11) is 0. The van der Waals surface area contributed by atoms with E-state index in [4.69, 9.17) is 5.73 Å². The Morgan fingerprint density at radius 3 is 2.88 bits per heavy atom. The molecule has 0 spiro atoms. The lowest BCUT2D eigenvalue weighted by Gasteiger charge is -2.09. The van der Waals surface area contributed by atoms with E-state index in [1.165, 1.54) is 12.8 Å². The summed E-state index contributed by atoms with van der Waals surface area (Å²) >= 11 is 0. The summed E-state index contributed by atoms with van der Waals surface area (Å²) < 4.78 is 0. The Morgan fingerprint density at radius 1 is 1.50 bits per heavy atom. The molecule has 3 nitrogen and oxygen atoms in total. The van der Waals surface area contributed by atoms with E-state index >= 15 is 0 Å². The molecular weight excluding hydrogens is 200 g/mol. The van der Waals surface area contributed by atoms with Gasteiger partial charge in [0.25, 0.3) is 0 Å². The number of hydrogen-bond acceptors (Lipinski definition) is 2. The van der Waals surface area contributed by atoms with Gasteiger partial charge < -0.3 is 11.1 Å². The predicted molar refractivity (Wildman–Crippen MR) is 65.0 cm³/mol. The molecule has 0 aliphatic heterocycles. The van der Waals surface area contributed by atoms with Gasteiger partial charge in [-0.25, -0.2) is 0 Å². The van der Waals surface area contributed by atoms with Crippen molar-refractivity contribution in [2.24, 2.45) is 11.7 Å². The number of anilines is 1. The van der Waals surface area contributed by atoms with Crippen LogP contribution >= 0.6 is 0 Å². The average Bonchev–Trinajstić information content (AvgIpc) is 3.05. The zero-order chi connectivity index (χ0) is 11.5. The lowest BCUT2D eigenvalue weighted by atomic mass is 10.1. The van der Waals surface area contributed by atoms with Crippen LogP contribution in [0.15, 0.2) is 18.2 Å². The lowest BCUT2D eigenvalue weighted by molar-refractivity contribution is -0.116. The topological polar surface area (TPSA) is 55.1 Å². The van der Waals surface area contributed by atoms with Gasteiger partial charge in [-0.05, 0) is 42.9 Å². The molecule has 1 saturated carbocycles. The van der Waals surface area contributed by atoms with Crippen LogP contribution in [-0.2, 0) is 11.3 Å². The highest BCUT2D eigenvalue weighted by Crippen LogP contribution is 2.32. The summed E-state index contributed by atoms with van der Waals surface area (Å²) in [6.07, 6.45) is 3.07. The van der Waals surface area contributed by atoms with Crippen molar-refractivity contribution >= 4 is 11.6 Å². The van der Waals surface area contributed by atoms with Gasteiger partial charge in [0.05, 0.1) is 0 Å². The Labute approximate surface area is 96.0 Å². The highest BCUT2D eigenvalue weighted by atomic mass is 16.1. The molecular formula is C13H18N2O. The van der Waals surface area contributed by atoms with Crippen LogP contribution in [0.1, 0.15) is 30.4 Å². The van der Waals surface area contributed by atoms with Crippen LogP contribution in [0.4, 0.5) is 5.69 Å². The minimum absolute atomic E-state index is 0.125. The van der Waals surface area contributed by atoms with Crippen molar-refractivity contribution < 1.29 is 4.79 Å². The minimum Gasteiger partial charge on any atom is -0.326 e. The van der Waals surface area contributed by atoms with Crippen LogP contribution < -0.4 is 11.1 Å². The molecule has 0 aromatic heterocycles. The smallest absolute Gasteiger partial charge is 0.224 e. The Bertz CT molecular complexity index is 397. The Morgan fingerprint density at radius 2 is 2.25 bits per heavy atom. The van der Waals surface area contributed by atoms with Gasteiger partial charge in [0, 0.05) is 18.7 Å². The second-order valence-corrected chi connectivity index (χ2v) is 4.55. The highest BCUT2D eigenvalue weighted by Gasteiger charge is 2.24. The molecule has 1 aromatic carbocycles. The Kier molecular flexibility index (Phi) is 3.25. The van der Waals surface area contributed by atoms with Gasteiger partial charge >= 0.3 is 0 Å². The fraction of sp³-hybridized carbons (Fsp3) is 0.462. The van der Waals surface area contributed by atoms with Crippen molar-refractivity contribution in [3.63, 3.8) is 0 Å². The van der Waals surface area contributed by atoms with Gasteiger partial charge in [-0.2, -0.15) is 0 Å². The van der Waals surface area contributed by atoms with Crippen LogP contribution in [0.2, 0.25) is 0 Å². The second-order valence-electron chi connectivity index (χ2n) is 4.55. The van der Waals surface area contributed by atoms with Gasteiger partial charge in [0.15, 0.2) is 0 Å². The van der Waals surface area contributed by atoms with Crippen molar-refractivity contribution in [1.82, 2.24) is 0 Å². The second kappa shape index (κ2) is 4.66. The number of nitrogens with two attached hydrogens (primary N) is 1. The minimum atomic E-state index is 0.125. The molecule has 0 unspecified atom stereocenters. The first-order chi connectivity index (χ1) is 7.69. The maximum atomic E-state index is 11.7. The number of carbonyl (C=O) groups is 1. The van der Waals surface area contributed by atoms with Gasteiger partial charge in [0.1, 0.15) is 0 Å². The molecule has 2 rings (SSSR count). The maximum absolute atomic E-state index is 11.7. The van der Waals surface area contributed by atoms with Gasteiger partial charge in [-0.3, -0.25) is 4.79 Å². The zero-order valence-corrected chi connectivity index (χ0v) is 9.62. The van der Waals surface area contributed by atoms with Crippen LogP contribution in [0.5, 0.6) is 0 Å². The number of benzene rings is 1. The molecule has 1 aliphatic carbocycles. The fourth-order valence-corrected chi connectivity index (χ4v) is 1.72. The number of aryl methyl sites for hydroxylation is 1. The van der Waals surface area contributed by atoms with Crippen LogP contribution in [0, 0.1) is 12.8 Å². The first-order valence-electron chi connectivity index (χ1n) is 5.78. The van der Waals surface area contributed by atoms with Crippen LogP contribution in [0.3, 0.4) is 0 Å². The number of amides is 1. The van der Waals surface area contributed by atoms with Gasteiger partial charge in [0.2, 0.25) is 5.91 Å². The third-order valence-corrected chi connectivity index (χ3v) is 2.98. The molecule has 16 heavy (non-hydrogen) atoms. The van der Waals surface area contributed by atoms with E-state index in [0.29, 0.717) is 18.9 Å². The molecule has 0 radical (unpaired) electrons. The zero-order valence-electron chi connectivity index (χ0n) is 9.62. The van der Waals surface area contributed by atoms with Gasteiger partial charge in [-0.15, -0.1) is 0 Å². The maximum Gasteiger partial charge on any atom is 0.224 e. The lowest BCUT2D eigenvalue weighted by Crippen LogP contribution is -2.13. The normalized spacial score (nSPS) is 14.9. The third kappa shape index (κ3) is 2.83. The first-order valence-corrected chi connectivity index (χ1v) is 5.78. The number of nitrogens with one attached hydrogen (secondary N) is 1. The quantitative estimate of drug-likeness (QED) is 0.814. The molecule has 3 N–H and O–H groups in total. The molecule has 86 valence electrons. The summed E-state index contributed by atoms with van der Waals surface area (Å²) in [6, 6.07) is 5.95. The number of hydrogen-bond donors (Lipinski definition) is 2. The predicted octanol–water partition coefficient (Wildman–Crippen LogP) is 2.19. The van der Waals surface area contributed by atoms with Crippen molar-refractivity contribution in [1.29, 1.82) is 0 Å². The van der Waals surface area contributed by atoms with Crippen LogP contribution in [0.25, 0.3) is 0 Å². The molecule has 1 aromatic rings. The van der Waals surface area contributed by atoms with E-state index < -0.39 is 0 Å². The Balaban J connectivity index is 2.03. The molecule has 0 heterocycles. The molecule has 1 amide bonds. The number of rotatable bonds is 4. The highest BCUT2D eigenvalue weighted by molar-refractivity contribution is 5.91. The van der Waals surface area contributed by atoms with Gasteiger partial charge in [-0.1, -0.05) is 12.1 Å². The first kappa shape index (κ1) is 11.1. The van der Waals surface area contributed by atoms with Crippen molar-refractivity contribution in [2.75, 3.05) is 5.32 Å². The molecule has 1 fully saturated rings.